The van der Waals surface area contributed by atoms with Gasteiger partial charge in [0.2, 0.25) is 5.91 Å². The van der Waals surface area contributed by atoms with E-state index >= 15 is 0 Å². The maximum atomic E-state index is 12.9. The van der Waals surface area contributed by atoms with Crippen LogP contribution in [0.3, 0.4) is 0 Å². The van der Waals surface area contributed by atoms with Crippen molar-refractivity contribution in [3.8, 4) is 0 Å². The lowest BCUT2D eigenvalue weighted by atomic mass is 10.1. The fraction of sp³-hybridized carbons (Fsp3) is 0.900. The molecule has 2 aliphatic heterocycles. The molecule has 1 amide bonds. The number of carbonyl (C=O) groups is 1. The Bertz CT molecular complexity index is 242. The van der Waals surface area contributed by atoms with Gasteiger partial charge in [0.25, 0.3) is 5.92 Å². The summed E-state index contributed by atoms with van der Waals surface area (Å²) in [5, 5.41) is 3.10. The first-order chi connectivity index (χ1) is 7.08. The maximum Gasteiger partial charge on any atom is 0.251 e. The van der Waals surface area contributed by atoms with Crippen LogP contribution in [0.25, 0.3) is 0 Å². The second-order valence-electron chi connectivity index (χ2n) is 4.33. The van der Waals surface area contributed by atoms with Gasteiger partial charge in [-0.15, -0.1) is 0 Å². The first kappa shape index (κ1) is 10.8. The average molecular weight is 218 g/mol. The Hall–Kier alpha value is -0.710. The summed E-state index contributed by atoms with van der Waals surface area (Å²) < 4.78 is 25.7. The third kappa shape index (κ3) is 2.45. The zero-order valence-corrected chi connectivity index (χ0v) is 8.64. The standard InChI is InChI=1S/C10H16F2N2O/c11-10(12)3-6-14(7-4-10)9(15)8-2-1-5-13-8/h8,13H,1-7H2/t8-/m1/s1. The van der Waals surface area contributed by atoms with E-state index in [2.05, 4.69) is 5.32 Å². The number of carbonyl (C=O) groups excluding carboxylic acids is 1. The van der Waals surface area contributed by atoms with E-state index in [4.69, 9.17) is 0 Å². The molecule has 2 aliphatic rings. The van der Waals surface area contributed by atoms with E-state index < -0.39 is 5.92 Å². The molecule has 1 atom stereocenters. The smallest absolute Gasteiger partial charge is 0.251 e. The van der Waals surface area contributed by atoms with Crippen LogP contribution in [0.2, 0.25) is 0 Å². The lowest BCUT2D eigenvalue weighted by molar-refractivity contribution is -0.139. The van der Waals surface area contributed by atoms with Gasteiger partial charge in [-0.1, -0.05) is 0 Å². The van der Waals surface area contributed by atoms with Crippen LogP contribution in [0.15, 0.2) is 0 Å². The SMILES string of the molecule is O=C([C@H]1CCCN1)N1CCC(F)(F)CC1. The number of hydrogen-bond donors (Lipinski definition) is 1. The van der Waals surface area contributed by atoms with E-state index in [-0.39, 0.29) is 37.9 Å². The highest BCUT2D eigenvalue weighted by Gasteiger charge is 2.37. The summed E-state index contributed by atoms with van der Waals surface area (Å²) in [5.74, 6) is -2.57. The largest absolute Gasteiger partial charge is 0.341 e. The number of halogens is 2. The molecule has 0 aromatic heterocycles. The molecule has 15 heavy (non-hydrogen) atoms. The third-order valence-electron chi connectivity index (χ3n) is 3.17. The van der Waals surface area contributed by atoms with Crippen LogP contribution in [0.1, 0.15) is 25.7 Å². The predicted octanol–water partition coefficient (Wildman–Crippen LogP) is 0.996. The topological polar surface area (TPSA) is 32.3 Å². The summed E-state index contributed by atoms with van der Waals surface area (Å²) in [7, 11) is 0. The van der Waals surface area contributed by atoms with Gasteiger partial charge < -0.3 is 10.2 Å². The minimum atomic E-state index is -2.57. The van der Waals surface area contributed by atoms with Gasteiger partial charge in [0.1, 0.15) is 0 Å². The summed E-state index contributed by atoms with van der Waals surface area (Å²) in [4.78, 5) is 13.4. The van der Waals surface area contributed by atoms with E-state index in [1.54, 1.807) is 4.90 Å². The van der Waals surface area contributed by atoms with E-state index in [0.717, 1.165) is 19.4 Å². The van der Waals surface area contributed by atoms with Crippen molar-refractivity contribution in [1.82, 2.24) is 10.2 Å². The van der Waals surface area contributed by atoms with Crippen molar-refractivity contribution in [2.75, 3.05) is 19.6 Å². The zero-order valence-electron chi connectivity index (χ0n) is 8.64. The molecule has 2 fully saturated rings. The van der Waals surface area contributed by atoms with Crippen molar-refractivity contribution < 1.29 is 13.6 Å². The van der Waals surface area contributed by atoms with Crippen LogP contribution in [-0.4, -0.2) is 42.4 Å². The van der Waals surface area contributed by atoms with Crippen molar-refractivity contribution in [2.45, 2.75) is 37.6 Å². The van der Waals surface area contributed by atoms with Gasteiger partial charge in [-0.25, -0.2) is 8.78 Å². The van der Waals surface area contributed by atoms with Crippen LogP contribution in [-0.2, 0) is 4.79 Å². The highest BCUT2D eigenvalue weighted by Crippen LogP contribution is 2.28. The highest BCUT2D eigenvalue weighted by atomic mass is 19.3. The molecular formula is C10H16F2N2O. The quantitative estimate of drug-likeness (QED) is 0.712. The van der Waals surface area contributed by atoms with Crippen LogP contribution >= 0.6 is 0 Å². The molecule has 0 unspecified atom stereocenters. The Kier molecular flexibility index (Phi) is 2.91. The third-order valence-corrected chi connectivity index (χ3v) is 3.17. The summed E-state index contributed by atoms with van der Waals surface area (Å²) in [6.07, 6.45) is 1.46. The predicted molar refractivity (Wildman–Crippen MR) is 51.8 cm³/mol. The minimum absolute atomic E-state index is 0.00278. The molecule has 2 rings (SSSR count). The van der Waals surface area contributed by atoms with E-state index in [9.17, 15) is 13.6 Å². The number of hydrogen-bond acceptors (Lipinski definition) is 2. The average Bonchev–Trinajstić information content (AvgIpc) is 2.69. The molecule has 2 heterocycles. The Morgan fingerprint density at radius 3 is 2.53 bits per heavy atom. The van der Waals surface area contributed by atoms with Gasteiger partial charge in [0.05, 0.1) is 6.04 Å². The van der Waals surface area contributed by atoms with Crippen LogP contribution in [0.4, 0.5) is 8.78 Å². The molecule has 1 N–H and O–H groups in total. The molecular weight excluding hydrogens is 202 g/mol. The Balaban J connectivity index is 1.87. The number of nitrogens with one attached hydrogen (secondary N) is 1. The second kappa shape index (κ2) is 4.04. The molecule has 5 heteroatoms. The van der Waals surface area contributed by atoms with Crippen molar-refractivity contribution in [2.24, 2.45) is 0 Å². The molecule has 0 aliphatic carbocycles. The summed E-state index contributed by atoms with van der Waals surface area (Å²) >= 11 is 0. The van der Waals surface area contributed by atoms with Crippen molar-refractivity contribution in [3.63, 3.8) is 0 Å². The monoisotopic (exact) mass is 218 g/mol. The summed E-state index contributed by atoms with van der Waals surface area (Å²) in [6, 6.07) is -0.128. The second-order valence-corrected chi connectivity index (χ2v) is 4.33. The molecule has 3 nitrogen and oxygen atoms in total. The Morgan fingerprint density at radius 2 is 2.00 bits per heavy atom. The molecule has 2 saturated heterocycles. The van der Waals surface area contributed by atoms with Gasteiger partial charge in [0, 0.05) is 25.9 Å². The van der Waals surface area contributed by atoms with Crippen LogP contribution in [0, 0.1) is 0 Å². The van der Waals surface area contributed by atoms with E-state index in [0.29, 0.717) is 0 Å². The van der Waals surface area contributed by atoms with Crippen LogP contribution < -0.4 is 5.32 Å². The first-order valence-electron chi connectivity index (χ1n) is 5.48. The van der Waals surface area contributed by atoms with Crippen molar-refractivity contribution >= 4 is 5.91 Å². The lowest BCUT2D eigenvalue weighted by Crippen LogP contribution is -2.49. The molecule has 0 bridgehead atoms. The first-order valence-corrected chi connectivity index (χ1v) is 5.48. The van der Waals surface area contributed by atoms with Crippen molar-refractivity contribution in [3.05, 3.63) is 0 Å². The molecule has 0 aromatic carbocycles. The van der Waals surface area contributed by atoms with Gasteiger partial charge >= 0.3 is 0 Å². The van der Waals surface area contributed by atoms with Gasteiger partial charge in [-0.05, 0) is 19.4 Å². The van der Waals surface area contributed by atoms with Crippen LogP contribution in [0.5, 0.6) is 0 Å². The number of rotatable bonds is 1. The van der Waals surface area contributed by atoms with Gasteiger partial charge in [-0.3, -0.25) is 4.79 Å². The number of alkyl halides is 2. The van der Waals surface area contributed by atoms with Crippen molar-refractivity contribution in [1.29, 1.82) is 0 Å². The van der Waals surface area contributed by atoms with E-state index in [1.165, 1.54) is 0 Å². The summed E-state index contributed by atoms with van der Waals surface area (Å²) in [6.45, 7) is 1.26. The molecule has 0 spiro atoms. The highest BCUT2D eigenvalue weighted by molar-refractivity contribution is 5.82. The minimum Gasteiger partial charge on any atom is -0.341 e. The fourth-order valence-corrected chi connectivity index (χ4v) is 2.17. The fourth-order valence-electron chi connectivity index (χ4n) is 2.17. The normalized spacial score (nSPS) is 30.5. The molecule has 0 saturated carbocycles. The number of amides is 1. The lowest BCUT2D eigenvalue weighted by Gasteiger charge is -2.33. The van der Waals surface area contributed by atoms with Gasteiger partial charge in [-0.2, -0.15) is 0 Å². The molecule has 86 valence electrons. The van der Waals surface area contributed by atoms with E-state index in [1.807, 2.05) is 0 Å². The zero-order chi connectivity index (χ0) is 10.9. The molecule has 0 radical (unpaired) electrons. The maximum absolute atomic E-state index is 12.9. The van der Waals surface area contributed by atoms with Gasteiger partial charge in [0.15, 0.2) is 0 Å². The molecule has 0 aromatic rings. The number of piperidine rings is 1. The summed E-state index contributed by atoms with van der Waals surface area (Å²) in [5.41, 5.74) is 0. The Morgan fingerprint density at radius 1 is 1.33 bits per heavy atom. The number of nitrogens with zero attached hydrogens (tertiary/aromatic N) is 1. The number of likely N-dealkylation sites (tertiary alicyclic amines) is 1. The Labute approximate surface area is 87.8 Å².